The minimum Gasteiger partial charge on any atom is -0.493 e. The smallest absolute Gasteiger partial charge is 0.252 e. The molecule has 0 heterocycles. The van der Waals surface area contributed by atoms with Gasteiger partial charge in [0, 0.05) is 23.5 Å². The second-order valence-corrected chi connectivity index (χ2v) is 6.65. The zero-order valence-corrected chi connectivity index (χ0v) is 17.3. The van der Waals surface area contributed by atoms with Gasteiger partial charge in [0.05, 0.1) is 31.0 Å². The summed E-state index contributed by atoms with van der Waals surface area (Å²) in [5.74, 6) is -1.73. The number of anilines is 1. The third kappa shape index (κ3) is 5.67. The zero-order valence-electron chi connectivity index (χ0n) is 15.7. The predicted octanol–water partition coefficient (Wildman–Crippen LogP) is 2.46. The van der Waals surface area contributed by atoms with Gasteiger partial charge in [0.25, 0.3) is 11.8 Å². The van der Waals surface area contributed by atoms with E-state index in [1.807, 2.05) is 0 Å². The summed E-state index contributed by atoms with van der Waals surface area (Å²) in [6.07, 6.45) is -0.0920. The number of carbonyl (C=O) groups is 3. The maximum atomic E-state index is 13.3. The number of carbonyl (C=O) groups excluding carboxylic acids is 3. The summed E-state index contributed by atoms with van der Waals surface area (Å²) in [4.78, 5) is 36.0. The molecular weight excluding hydrogens is 449 g/mol. The molecule has 0 aliphatic heterocycles. The largest absolute Gasteiger partial charge is 0.493 e. The highest BCUT2D eigenvalue weighted by molar-refractivity contribution is 9.10. The lowest BCUT2D eigenvalue weighted by atomic mass is 10.1. The fourth-order valence-electron chi connectivity index (χ4n) is 2.46. The first-order valence-electron chi connectivity index (χ1n) is 8.35. The van der Waals surface area contributed by atoms with Crippen molar-refractivity contribution >= 4 is 39.3 Å². The molecule has 0 saturated carbocycles. The summed E-state index contributed by atoms with van der Waals surface area (Å²) in [7, 11) is 2.81. The van der Waals surface area contributed by atoms with E-state index in [2.05, 4.69) is 26.6 Å². The van der Waals surface area contributed by atoms with Crippen LogP contribution in [0.2, 0.25) is 0 Å². The summed E-state index contributed by atoms with van der Waals surface area (Å²) in [6.45, 7) is -0.00713. The van der Waals surface area contributed by atoms with Crippen LogP contribution in [0.3, 0.4) is 0 Å². The highest BCUT2D eigenvalue weighted by Gasteiger charge is 2.17. The lowest BCUT2D eigenvalue weighted by Gasteiger charge is -2.14. The van der Waals surface area contributed by atoms with Crippen LogP contribution in [-0.2, 0) is 4.79 Å². The Morgan fingerprint density at radius 2 is 1.72 bits per heavy atom. The topological polar surface area (TPSA) is 120 Å². The molecule has 4 N–H and O–H groups in total. The Bertz CT molecular complexity index is 952. The Morgan fingerprint density at radius 1 is 1.07 bits per heavy atom. The highest BCUT2D eigenvalue weighted by Crippen LogP contribution is 2.33. The maximum Gasteiger partial charge on any atom is 0.252 e. The van der Waals surface area contributed by atoms with Gasteiger partial charge in [0.15, 0.2) is 11.5 Å². The van der Waals surface area contributed by atoms with Crippen molar-refractivity contribution < 1.29 is 28.2 Å². The van der Waals surface area contributed by atoms with Crippen molar-refractivity contribution in [3.05, 3.63) is 51.7 Å². The molecule has 0 aromatic heterocycles. The average molecular weight is 468 g/mol. The average Bonchev–Trinajstić information content (AvgIpc) is 2.68. The van der Waals surface area contributed by atoms with Gasteiger partial charge in [-0.3, -0.25) is 14.4 Å². The molecule has 0 spiro atoms. The molecule has 10 heteroatoms. The van der Waals surface area contributed by atoms with E-state index in [1.54, 1.807) is 0 Å². The van der Waals surface area contributed by atoms with Gasteiger partial charge in [-0.15, -0.1) is 0 Å². The number of methoxy groups -OCH3 is 2. The molecule has 154 valence electrons. The first-order valence-corrected chi connectivity index (χ1v) is 9.15. The Balaban J connectivity index is 2.03. The van der Waals surface area contributed by atoms with Crippen molar-refractivity contribution in [2.75, 3.05) is 26.1 Å². The number of nitrogens with two attached hydrogens (primary N) is 1. The molecule has 3 amide bonds. The maximum absolute atomic E-state index is 13.3. The third-order valence-corrected chi connectivity index (χ3v) is 4.57. The summed E-state index contributed by atoms with van der Waals surface area (Å²) >= 11 is 3.17. The quantitative estimate of drug-likeness (QED) is 0.550. The van der Waals surface area contributed by atoms with Crippen LogP contribution >= 0.6 is 15.9 Å². The standard InChI is InChI=1S/C19H19BrFN3O5/c1-28-15-8-12(18(22)26)14(9-16(15)29-2)24-17(25)5-6-23-19(27)11-7-10(21)3-4-13(11)20/h3-4,7-9H,5-6H2,1-2H3,(H2,22,26)(H,23,27)(H,24,25). The number of rotatable bonds is 8. The van der Waals surface area contributed by atoms with Crippen LogP contribution < -0.4 is 25.8 Å². The fourth-order valence-corrected chi connectivity index (χ4v) is 2.88. The van der Waals surface area contributed by atoms with E-state index < -0.39 is 23.5 Å². The summed E-state index contributed by atoms with van der Waals surface area (Å²) in [6, 6.07) is 6.49. The Morgan fingerprint density at radius 3 is 2.34 bits per heavy atom. The highest BCUT2D eigenvalue weighted by atomic mass is 79.9. The Kier molecular flexibility index (Phi) is 7.54. The lowest BCUT2D eigenvalue weighted by molar-refractivity contribution is -0.116. The third-order valence-electron chi connectivity index (χ3n) is 3.87. The first kappa shape index (κ1) is 22.2. The van der Waals surface area contributed by atoms with Crippen LogP contribution in [0.25, 0.3) is 0 Å². The van der Waals surface area contributed by atoms with E-state index in [9.17, 15) is 18.8 Å². The van der Waals surface area contributed by atoms with E-state index >= 15 is 0 Å². The van der Waals surface area contributed by atoms with Crippen molar-refractivity contribution in [1.82, 2.24) is 5.32 Å². The molecule has 2 aromatic rings. The van der Waals surface area contributed by atoms with Crippen molar-refractivity contribution in [3.8, 4) is 11.5 Å². The van der Waals surface area contributed by atoms with Crippen LogP contribution in [0.15, 0.2) is 34.8 Å². The van der Waals surface area contributed by atoms with E-state index in [4.69, 9.17) is 15.2 Å². The van der Waals surface area contributed by atoms with E-state index in [1.165, 1.54) is 38.5 Å². The minimum atomic E-state index is -0.759. The number of primary amides is 1. The van der Waals surface area contributed by atoms with Crippen LogP contribution in [0.5, 0.6) is 11.5 Å². The number of benzene rings is 2. The minimum absolute atomic E-state index is 0.00713. The predicted molar refractivity (Wildman–Crippen MR) is 108 cm³/mol. The van der Waals surface area contributed by atoms with Gasteiger partial charge in [0.1, 0.15) is 5.82 Å². The fraction of sp³-hybridized carbons (Fsp3) is 0.211. The molecule has 8 nitrogen and oxygen atoms in total. The van der Waals surface area contributed by atoms with Crippen LogP contribution in [0.4, 0.5) is 10.1 Å². The monoisotopic (exact) mass is 467 g/mol. The molecule has 0 bridgehead atoms. The number of amides is 3. The Labute approximate surface area is 174 Å². The molecule has 0 radical (unpaired) electrons. The van der Waals surface area contributed by atoms with Gasteiger partial charge in [0.2, 0.25) is 5.91 Å². The second kappa shape index (κ2) is 9.87. The number of hydrogen-bond acceptors (Lipinski definition) is 5. The Hall–Kier alpha value is -3.14. The molecule has 0 saturated heterocycles. The molecule has 2 aromatic carbocycles. The molecule has 0 fully saturated rings. The molecular formula is C19H19BrFN3O5. The van der Waals surface area contributed by atoms with Gasteiger partial charge in [-0.25, -0.2) is 4.39 Å². The number of nitrogens with one attached hydrogen (secondary N) is 2. The van der Waals surface area contributed by atoms with Gasteiger partial charge >= 0.3 is 0 Å². The molecule has 29 heavy (non-hydrogen) atoms. The van der Waals surface area contributed by atoms with Crippen LogP contribution in [0.1, 0.15) is 27.1 Å². The van der Waals surface area contributed by atoms with Crippen LogP contribution in [-0.4, -0.2) is 38.5 Å². The lowest BCUT2D eigenvalue weighted by Crippen LogP contribution is -2.28. The number of halogens is 2. The van der Waals surface area contributed by atoms with E-state index in [0.717, 1.165) is 6.07 Å². The van der Waals surface area contributed by atoms with Crippen molar-refractivity contribution in [2.24, 2.45) is 5.73 Å². The van der Waals surface area contributed by atoms with Gasteiger partial charge in [-0.2, -0.15) is 0 Å². The van der Waals surface area contributed by atoms with Crippen molar-refractivity contribution in [3.63, 3.8) is 0 Å². The van der Waals surface area contributed by atoms with E-state index in [0.29, 0.717) is 10.2 Å². The number of hydrogen-bond donors (Lipinski definition) is 3. The molecule has 2 rings (SSSR count). The molecule has 0 aliphatic rings. The van der Waals surface area contributed by atoms with Gasteiger partial charge in [-0.1, -0.05) is 0 Å². The summed E-state index contributed by atoms with van der Waals surface area (Å²) in [5, 5.41) is 5.09. The molecule has 0 unspecified atom stereocenters. The second-order valence-electron chi connectivity index (χ2n) is 5.80. The van der Waals surface area contributed by atoms with Crippen molar-refractivity contribution in [1.29, 1.82) is 0 Å². The first-order chi connectivity index (χ1) is 13.8. The van der Waals surface area contributed by atoms with Gasteiger partial charge < -0.3 is 25.8 Å². The molecule has 0 aliphatic carbocycles. The van der Waals surface area contributed by atoms with Gasteiger partial charge in [-0.05, 0) is 40.2 Å². The SMILES string of the molecule is COc1cc(NC(=O)CCNC(=O)c2cc(F)ccc2Br)c(C(N)=O)cc1OC. The van der Waals surface area contributed by atoms with Crippen LogP contribution in [0, 0.1) is 5.82 Å². The normalized spacial score (nSPS) is 10.2. The molecule has 0 atom stereocenters. The van der Waals surface area contributed by atoms with E-state index in [-0.39, 0.29) is 35.5 Å². The van der Waals surface area contributed by atoms with Crippen molar-refractivity contribution in [2.45, 2.75) is 6.42 Å². The summed E-state index contributed by atoms with van der Waals surface area (Å²) < 4.78 is 24.0. The summed E-state index contributed by atoms with van der Waals surface area (Å²) in [5.41, 5.74) is 5.67. The zero-order chi connectivity index (χ0) is 21.6. The number of ether oxygens (including phenoxy) is 2.